The molecule has 37 heavy (non-hydrogen) atoms. The lowest BCUT2D eigenvalue weighted by molar-refractivity contribution is 0.0993. The van der Waals surface area contributed by atoms with E-state index in [0.717, 1.165) is 11.3 Å². The number of nitrogens with two attached hydrogens (primary N) is 1. The number of anilines is 3. The lowest BCUT2D eigenvalue weighted by Crippen LogP contribution is -2.22. The number of benzene rings is 1. The van der Waals surface area contributed by atoms with Gasteiger partial charge in [-0.2, -0.15) is 0 Å². The molecule has 4 aromatic heterocycles. The standard InChI is InChI=1S/C26H24N8O3/c1-32(16-17-8-10-18(37-2)11-9-17)20-14-22(31-34-21(24(27)35)15-29-25(20)34)30-19-6-5-13-33(26(19)36)23-7-3-4-12-28-23/h3-15H,16H2,1-2H3,(H2,27,35)(H,30,31). The first-order valence-corrected chi connectivity index (χ1v) is 11.4. The summed E-state index contributed by atoms with van der Waals surface area (Å²) in [6.45, 7) is 0.541. The number of pyridine rings is 2. The molecule has 186 valence electrons. The van der Waals surface area contributed by atoms with Gasteiger partial charge in [-0.15, -0.1) is 5.10 Å². The lowest BCUT2D eigenvalue weighted by atomic mass is 10.2. The van der Waals surface area contributed by atoms with E-state index in [-0.39, 0.29) is 16.9 Å². The molecule has 11 nitrogen and oxygen atoms in total. The van der Waals surface area contributed by atoms with E-state index < -0.39 is 5.91 Å². The van der Waals surface area contributed by atoms with Crippen molar-refractivity contribution in [1.29, 1.82) is 0 Å². The quantitative estimate of drug-likeness (QED) is 0.335. The number of imidazole rings is 1. The van der Waals surface area contributed by atoms with Gasteiger partial charge in [0.1, 0.15) is 22.9 Å². The largest absolute Gasteiger partial charge is 0.497 e. The van der Waals surface area contributed by atoms with Gasteiger partial charge in [0, 0.05) is 32.1 Å². The van der Waals surface area contributed by atoms with Crippen LogP contribution in [0.25, 0.3) is 11.5 Å². The second-order valence-electron chi connectivity index (χ2n) is 8.27. The Morgan fingerprint density at radius 1 is 1.11 bits per heavy atom. The molecule has 5 rings (SSSR count). The number of nitrogens with zero attached hydrogens (tertiary/aromatic N) is 6. The Kier molecular flexibility index (Phi) is 6.25. The summed E-state index contributed by atoms with van der Waals surface area (Å²) in [6.07, 6.45) is 4.64. The number of rotatable bonds is 8. The van der Waals surface area contributed by atoms with Gasteiger partial charge in [0.25, 0.3) is 11.5 Å². The highest BCUT2D eigenvalue weighted by Gasteiger charge is 2.18. The van der Waals surface area contributed by atoms with E-state index in [9.17, 15) is 9.59 Å². The van der Waals surface area contributed by atoms with Crippen molar-refractivity contribution < 1.29 is 9.53 Å². The van der Waals surface area contributed by atoms with Crippen molar-refractivity contribution in [2.75, 3.05) is 24.4 Å². The van der Waals surface area contributed by atoms with Crippen molar-refractivity contribution in [3.8, 4) is 11.6 Å². The SMILES string of the molecule is COc1ccc(CN(C)c2cc(Nc3cccn(-c4ccccn4)c3=O)nn3c(C(N)=O)cnc23)cc1. The Bertz CT molecular complexity index is 1630. The third kappa shape index (κ3) is 4.69. The third-order valence-corrected chi connectivity index (χ3v) is 5.80. The van der Waals surface area contributed by atoms with Gasteiger partial charge < -0.3 is 20.7 Å². The van der Waals surface area contributed by atoms with E-state index in [1.165, 1.54) is 15.3 Å². The maximum Gasteiger partial charge on any atom is 0.279 e. The van der Waals surface area contributed by atoms with E-state index in [1.54, 1.807) is 55.9 Å². The number of nitrogens with one attached hydrogen (secondary N) is 1. The molecule has 0 bridgehead atoms. The number of hydrogen-bond acceptors (Lipinski definition) is 8. The monoisotopic (exact) mass is 496 g/mol. The highest BCUT2D eigenvalue weighted by molar-refractivity contribution is 5.92. The number of fused-ring (bicyclic) bond motifs is 1. The van der Waals surface area contributed by atoms with E-state index in [4.69, 9.17) is 10.5 Å². The van der Waals surface area contributed by atoms with E-state index >= 15 is 0 Å². The van der Waals surface area contributed by atoms with Gasteiger partial charge >= 0.3 is 0 Å². The molecule has 4 heterocycles. The molecule has 5 aromatic rings. The van der Waals surface area contributed by atoms with E-state index in [0.29, 0.717) is 29.5 Å². The first kappa shape index (κ1) is 23.5. The first-order valence-electron chi connectivity index (χ1n) is 11.4. The van der Waals surface area contributed by atoms with Crippen LogP contribution in [-0.4, -0.2) is 44.2 Å². The zero-order valence-electron chi connectivity index (χ0n) is 20.2. The van der Waals surface area contributed by atoms with Crippen LogP contribution >= 0.6 is 0 Å². The number of carbonyl (C=O) groups is 1. The predicted octanol–water partition coefficient (Wildman–Crippen LogP) is 2.76. The number of carbonyl (C=O) groups excluding carboxylic acids is 1. The van der Waals surface area contributed by atoms with Crippen LogP contribution in [0.2, 0.25) is 0 Å². The Morgan fingerprint density at radius 3 is 2.62 bits per heavy atom. The molecule has 0 aliphatic carbocycles. The minimum atomic E-state index is -0.668. The third-order valence-electron chi connectivity index (χ3n) is 5.80. The van der Waals surface area contributed by atoms with Crippen molar-refractivity contribution in [1.82, 2.24) is 24.1 Å². The Labute approximate surface area is 211 Å². The van der Waals surface area contributed by atoms with Crippen LogP contribution in [0.1, 0.15) is 16.1 Å². The Morgan fingerprint density at radius 2 is 1.92 bits per heavy atom. The average Bonchev–Trinajstić information content (AvgIpc) is 3.35. The highest BCUT2D eigenvalue weighted by Crippen LogP contribution is 2.26. The van der Waals surface area contributed by atoms with Crippen molar-refractivity contribution >= 4 is 28.7 Å². The second kappa shape index (κ2) is 9.82. The number of primary amides is 1. The molecule has 1 amide bonds. The molecule has 0 fully saturated rings. The number of hydrogen-bond donors (Lipinski definition) is 2. The first-order chi connectivity index (χ1) is 17.9. The van der Waals surface area contributed by atoms with E-state index in [1.807, 2.05) is 36.2 Å². The fourth-order valence-corrected chi connectivity index (χ4v) is 3.96. The summed E-state index contributed by atoms with van der Waals surface area (Å²) in [6, 6.07) is 18.2. The van der Waals surface area contributed by atoms with Crippen LogP contribution in [0, 0.1) is 0 Å². The molecule has 0 saturated carbocycles. The summed E-state index contributed by atoms with van der Waals surface area (Å²) in [7, 11) is 3.52. The predicted molar refractivity (Wildman–Crippen MR) is 140 cm³/mol. The van der Waals surface area contributed by atoms with Crippen LogP contribution in [0.5, 0.6) is 5.75 Å². The summed E-state index contributed by atoms with van der Waals surface area (Å²) in [5.41, 5.74) is 7.84. The number of amides is 1. The van der Waals surface area contributed by atoms with Gasteiger partial charge in [-0.05, 0) is 42.0 Å². The van der Waals surface area contributed by atoms with Crippen molar-refractivity contribution in [2.45, 2.75) is 6.54 Å². The van der Waals surface area contributed by atoms with Crippen LogP contribution in [-0.2, 0) is 6.54 Å². The summed E-state index contributed by atoms with van der Waals surface area (Å²) in [4.78, 5) is 35.9. The Hall–Kier alpha value is -5.19. The smallest absolute Gasteiger partial charge is 0.279 e. The van der Waals surface area contributed by atoms with Crippen LogP contribution in [0.4, 0.5) is 17.2 Å². The van der Waals surface area contributed by atoms with Gasteiger partial charge in [-0.25, -0.2) is 14.5 Å². The van der Waals surface area contributed by atoms with Gasteiger partial charge in [0.15, 0.2) is 11.5 Å². The lowest BCUT2D eigenvalue weighted by Gasteiger charge is -2.21. The number of methoxy groups -OCH3 is 1. The minimum absolute atomic E-state index is 0.122. The fourth-order valence-electron chi connectivity index (χ4n) is 3.96. The van der Waals surface area contributed by atoms with Crippen LogP contribution in [0.15, 0.2) is 84.0 Å². The highest BCUT2D eigenvalue weighted by atomic mass is 16.5. The molecule has 0 aliphatic heterocycles. The molecule has 1 aromatic carbocycles. The van der Waals surface area contributed by atoms with Gasteiger partial charge in [-0.1, -0.05) is 18.2 Å². The fraction of sp³-hybridized carbons (Fsp3) is 0.115. The summed E-state index contributed by atoms with van der Waals surface area (Å²) in [5.74, 6) is 0.923. The molecule has 0 unspecified atom stereocenters. The topological polar surface area (TPSA) is 133 Å². The summed E-state index contributed by atoms with van der Waals surface area (Å²) in [5, 5.41) is 7.59. The second-order valence-corrected chi connectivity index (χ2v) is 8.27. The average molecular weight is 497 g/mol. The zero-order chi connectivity index (χ0) is 25.9. The Balaban J connectivity index is 1.55. The minimum Gasteiger partial charge on any atom is -0.497 e. The van der Waals surface area contributed by atoms with Crippen LogP contribution < -0.4 is 26.2 Å². The van der Waals surface area contributed by atoms with Crippen molar-refractivity contribution in [2.24, 2.45) is 5.73 Å². The van der Waals surface area contributed by atoms with Crippen molar-refractivity contribution in [3.05, 3.63) is 101 Å². The van der Waals surface area contributed by atoms with Crippen molar-refractivity contribution in [3.63, 3.8) is 0 Å². The zero-order valence-corrected chi connectivity index (χ0v) is 20.2. The molecule has 0 atom stereocenters. The van der Waals surface area contributed by atoms with Gasteiger partial charge in [0.2, 0.25) is 0 Å². The molecular formula is C26H24N8O3. The normalized spacial score (nSPS) is 10.9. The maximum atomic E-state index is 13.2. The summed E-state index contributed by atoms with van der Waals surface area (Å²) < 4.78 is 8.06. The van der Waals surface area contributed by atoms with Crippen LogP contribution in [0.3, 0.4) is 0 Å². The van der Waals surface area contributed by atoms with Gasteiger partial charge in [0.05, 0.1) is 19.0 Å². The summed E-state index contributed by atoms with van der Waals surface area (Å²) >= 11 is 0. The maximum absolute atomic E-state index is 13.2. The molecule has 0 aliphatic rings. The van der Waals surface area contributed by atoms with Gasteiger partial charge in [-0.3, -0.25) is 14.2 Å². The van der Waals surface area contributed by atoms with E-state index in [2.05, 4.69) is 20.4 Å². The number of aromatic nitrogens is 5. The molecule has 0 radical (unpaired) electrons. The molecule has 0 saturated heterocycles. The number of ether oxygens (including phenoxy) is 1. The molecular weight excluding hydrogens is 472 g/mol. The molecule has 0 spiro atoms. The molecule has 3 N–H and O–H groups in total. The molecule has 11 heteroatoms.